The molecule has 0 atom stereocenters. The van der Waals surface area contributed by atoms with Crippen LogP contribution < -0.4 is 5.73 Å². The van der Waals surface area contributed by atoms with Crippen molar-refractivity contribution in [2.75, 3.05) is 6.54 Å². The molecule has 7 heteroatoms. The fraction of sp³-hybridized carbons (Fsp3) is 0.385. The third kappa shape index (κ3) is 3.73. The second-order valence-corrected chi connectivity index (χ2v) is 6.47. The van der Waals surface area contributed by atoms with Crippen molar-refractivity contribution in [1.29, 1.82) is 0 Å². The molecule has 1 aromatic rings. The third-order valence-corrected chi connectivity index (χ3v) is 4.30. The zero-order valence-electron chi connectivity index (χ0n) is 10.7. The van der Waals surface area contributed by atoms with Crippen LogP contribution in [0, 0.1) is 0 Å². The normalized spacial score (nSPS) is 15.2. The van der Waals surface area contributed by atoms with Gasteiger partial charge in [-0.05, 0) is 47.0 Å². The van der Waals surface area contributed by atoms with Crippen LogP contribution >= 0.6 is 31.9 Å². The summed E-state index contributed by atoms with van der Waals surface area (Å²) >= 11 is 6.78. The van der Waals surface area contributed by atoms with Crippen molar-refractivity contribution in [3.63, 3.8) is 0 Å². The van der Waals surface area contributed by atoms with Gasteiger partial charge in [0.05, 0.1) is 5.56 Å². The second kappa shape index (κ2) is 6.58. The fourth-order valence-electron chi connectivity index (χ4n) is 1.94. The van der Waals surface area contributed by atoms with Gasteiger partial charge in [-0.1, -0.05) is 21.1 Å². The number of halogens is 2. The molecule has 0 aliphatic heterocycles. The summed E-state index contributed by atoms with van der Waals surface area (Å²) in [5.41, 5.74) is 6.10. The molecule has 1 aromatic carbocycles. The molecule has 1 aliphatic rings. The van der Waals surface area contributed by atoms with Gasteiger partial charge in [0.25, 0.3) is 5.91 Å². The Hall–Kier alpha value is -1.08. The lowest BCUT2D eigenvalue weighted by molar-refractivity contribution is 0.0746. The third-order valence-electron chi connectivity index (χ3n) is 3.15. The van der Waals surface area contributed by atoms with Gasteiger partial charge in [-0.15, -0.1) is 0 Å². The molecule has 108 valence electrons. The number of rotatable bonds is 5. The molecule has 0 saturated heterocycles. The smallest absolute Gasteiger partial charge is 0.255 e. The Bertz CT molecular complexity index is 544. The van der Waals surface area contributed by atoms with E-state index < -0.39 is 0 Å². The van der Waals surface area contributed by atoms with Crippen LogP contribution in [-0.2, 0) is 0 Å². The molecule has 1 saturated carbocycles. The molecule has 1 fully saturated rings. The number of carbonyl (C=O) groups is 1. The lowest BCUT2D eigenvalue weighted by Gasteiger charge is -2.22. The van der Waals surface area contributed by atoms with E-state index in [4.69, 9.17) is 10.9 Å². The molecule has 0 spiro atoms. The maximum Gasteiger partial charge on any atom is 0.255 e. The first-order valence-corrected chi connectivity index (χ1v) is 7.84. The SMILES string of the molecule is N/C(CCN(C(=O)c1ccc(Br)cc1Br)C1CC1)=N/O. The predicted octanol–water partition coefficient (Wildman–Crippen LogP) is 2.95. The Morgan fingerprint density at radius 2 is 2.15 bits per heavy atom. The number of carbonyl (C=O) groups excluding carboxylic acids is 1. The number of benzene rings is 1. The summed E-state index contributed by atoms with van der Waals surface area (Å²) < 4.78 is 1.67. The van der Waals surface area contributed by atoms with Gasteiger partial charge in [0, 0.05) is 28.0 Å². The molecule has 1 amide bonds. The van der Waals surface area contributed by atoms with Gasteiger partial charge < -0.3 is 15.8 Å². The average Bonchev–Trinajstić information content (AvgIpc) is 3.23. The summed E-state index contributed by atoms with van der Waals surface area (Å²) in [7, 11) is 0. The number of hydrogen-bond acceptors (Lipinski definition) is 3. The second-order valence-electron chi connectivity index (χ2n) is 4.70. The van der Waals surface area contributed by atoms with Crippen molar-refractivity contribution in [2.24, 2.45) is 10.9 Å². The predicted molar refractivity (Wildman–Crippen MR) is 83.9 cm³/mol. The number of nitrogens with zero attached hydrogens (tertiary/aromatic N) is 2. The van der Waals surface area contributed by atoms with Crippen LogP contribution in [0.4, 0.5) is 0 Å². The Balaban J connectivity index is 2.14. The first-order valence-electron chi connectivity index (χ1n) is 6.25. The van der Waals surface area contributed by atoms with Gasteiger partial charge in [-0.3, -0.25) is 4.79 Å². The Morgan fingerprint density at radius 3 is 2.70 bits per heavy atom. The summed E-state index contributed by atoms with van der Waals surface area (Å²) in [5.74, 6) is 0.107. The number of amidine groups is 1. The number of oxime groups is 1. The van der Waals surface area contributed by atoms with Crippen molar-refractivity contribution in [1.82, 2.24) is 4.90 Å². The van der Waals surface area contributed by atoms with Crippen LogP contribution in [0.2, 0.25) is 0 Å². The van der Waals surface area contributed by atoms with Crippen LogP contribution in [0.5, 0.6) is 0 Å². The standard InChI is InChI=1S/C13H15Br2N3O2/c14-8-1-4-10(11(15)7-8)13(19)18(9-2-3-9)6-5-12(16)17-20/h1,4,7,9,20H,2-3,5-6H2,(H2,16,17). The van der Waals surface area contributed by atoms with Crippen LogP contribution in [0.25, 0.3) is 0 Å². The zero-order chi connectivity index (χ0) is 14.7. The van der Waals surface area contributed by atoms with Crippen molar-refractivity contribution in [3.8, 4) is 0 Å². The van der Waals surface area contributed by atoms with Crippen LogP contribution in [-0.4, -0.2) is 34.4 Å². The van der Waals surface area contributed by atoms with Crippen LogP contribution in [0.3, 0.4) is 0 Å². The van der Waals surface area contributed by atoms with Gasteiger partial charge >= 0.3 is 0 Å². The summed E-state index contributed by atoms with van der Waals surface area (Å²) in [6.45, 7) is 0.460. The molecule has 0 unspecified atom stereocenters. The molecule has 0 aromatic heterocycles. The van der Waals surface area contributed by atoms with Gasteiger partial charge in [0.15, 0.2) is 0 Å². The number of hydrogen-bond donors (Lipinski definition) is 2. The molecule has 5 nitrogen and oxygen atoms in total. The summed E-state index contributed by atoms with van der Waals surface area (Å²) in [4.78, 5) is 14.4. The van der Waals surface area contributed by atoms with Crippen molar-refractivity contribution >= 4 is 43.6 Å². The molecule has 0 heterocycles. The minimum atomic E-state index is -0.0300. The van der Waals surface area contributed by atoms with Crippen LogP contribution in [0.15, 0.2) is 32.3 Å². The summed E-state index contributed by atoms with van der Waals surface area (Å²) in [6.07, 6.45) is 2.39. The van der Waals surface area contributed by atoms with Gasteiger partial charge in [0.1, 0.15) is 5.84 Å². The first kappa shape index (κ1) is 15.3. The van der Waals surface area contributed by atoms with Gasteiger partial charge in [0.2, 0.25) is 0 Å². The highest BCUT2D eigenvalue weighted by molar-refractivity contribution is 9.11. The van der Waals surface area contributed by atoms with E-state index in [0.717, 1.165) is 21.8 Å². The first-order chi connectivity index (χ1) is 9.52. The van der Waals surface area contributed by atoms with Gasteiger partial charge in [-0.25, -0.2) is 0 Å². The highest BCUT2D eigenvalue weighted by atomic mass is 79.9. The highest BCUT2D eigenvalue weighted by Gasteiger charge is 2.33. The maximum absolute atomic E-state index is 12.6. The lowest BCUT2D eigenvalue weighted by Crippen LogP contribution is -2.36. The lowest BCUT2D eigenvalue weighted by atomic mass is 10.2. The number of nitrogens with two attached hydrogens (primary N) is 1. The zero-order valence-corrected chi connectivity index (χ0v) is 13.9. The molecular weight excluding hydrogens is 390 g/mol. The fourth-order valence-corrected chi connectivity index (χ4v) is 3.16. The monoisotopic (exact) mass is 403 g/mol. The van der Waals surface area contributed by atoms with E-state index in [-0.39, 0.29) is 17.8 Å². The Kier molecular flexibility index (Phi) is 5.04. The molecule has 20 heavy (non-hydrogen) atoms. The minimum Gasteiger partial charge on any atom is -0.409 e. The van der Waals surface area contributed by atoms with E-state index in [1.807, 2.05) is 12.1 Å². The molecule has 0 radical (unpaired) electrons. The van der Waals surface area contributed by atoms with E-state index in [2.05, 4.69) is 37.0 Å². The highest BCUT2D eigenvalue weighted by Crippen LogP contribution is 2.30. The van der Waals surface area contributed by atoms with Crippen LogP contribution in [0.1, 0.15) is 29.6 Å². The van der Waals surface area contributed by atoms with Crippen molar-refractivity contribution in [2.45, 2.75) is 25.3 Å². The largest absolute Gasteiger partial charge is 0.409 e. The molecule has 1 aliphatic carbocycles. The topological polar surface area (TPSA) is 78.9 Å². The summed E-state index contributed by atoms with van der Waals surface area (Å²) in [6, 6.07) is 5.74. The number of amides is 1. The minimum absolute atomic E-state index is 0.0300. The molecule has 0 bridgehead atoms. The van der Waals surface area contributed by atoms with Gasteiger partial charge in [-0.2, -0.15) is 0 Å². The van der Waals surface area contributed by atoms with E-state index in [1.165, 1.54) is 0 Å². The Labute approximate surface area is 134 Å². The van der Waals surface area contributed by atoms with Crippen molar-refractivity contribution < 1.29 is 10.0 Å². The molecule has 3 N–H and O–H groups in total. The van der Waals surface area contributed by atoms with E-state index in [9.17, 15) is 4.79 Å². The van der Waals surface area contributed by atoms with Crippen molar-refractivity contribution in [3.05, 3.63) is 32.7 Å². The van der Waals surface area contributed by atoms with E-state index in [0.29, 0.717) is 18.5 Å². The Morgan fingerprint density at radius 1 is 1.45 bits per heavy atom. The molecular formula is C13H15Br2N3O2. The molecule has 2 rings (SSSR count). The quantitative estimate of drug-likeness (QED) is 0.342. The maximum atomic E-state index is 12.6. The van der Waals surface area contributed by atoms with E-state index >= 15 is 0 Å². The van der Waals surface area contributed by atoms with E-state index in [1.54, 1.807) is 11.0 Å². The average molecular weight is 405 g/mol. The summed E-state index contributed by atoms with van der Waals surface area (Å²) in [5, 5.41) is 11.5.